The van der Waals surface area contributed by atoms with Gasteiger partial charge in [-0.3, -0.25) is 4.79 Å². The van der Waals surface area contributed by atoms with E-state index in [0.717, 1.165) is 28.0 Å². The summed E-state index contributed by atoms with van der Waals surface area (Å²) in [5.74, 6) is 2.75. The molecule has 0 unspecified atom stereocenters. The van der Waals surface area contributed by atoms with Gasteiger partial charge in [0.2, 0.25) is 0 Å². The number of fused-ring (bicyclic) bond motifs is 1. The van der Waals surface area contributed by atoms with Crippen molar-refractivity contribution >= 4 is 45.8 Å². The Morgan fingerprint density at radius 3 is 2.29 bits per heavy atom. The van der Waals surface area contributed by atoms with Crippen LogP contribution in [0, 0.1) is 6.92 Å². The number of rotatable bonds is 6. The number of anilines is 1. The first kappa shape index (κ1) is 24.2. The molecule has 1 aliphatic rings. The molecule has 0 radical (unpaired) electrons. The quantitative estimate of drug-likeness (QED) is 0.472. The van der Waals surface area contributed by atoms with Crippen molar-refractivity contribution in [2.75, 3.05) is 45.3 Å². The standard InChI is InChI=1S/C25H27Cl2N3O4/c1-15-13-22(28-24-21(33-4)8-7-20(32-3)23(15)24)29-9-11-30(12-10-29)25(31)16(2)34-17-5-6-18(26)19(27)14-17/h5-8,13-14,16H,9-12H2,1-4H3/t16-/m1/s1. The predicted octanol–water partition coefficient (Wildman–Crippen LogP) is 4.98. The lowest BCUT2D eigenvalue weighted by molar-refractivity contribution is -0.138. The number of hydrogen-bond acceptors (Lipinski definition) is 6. The van der Waals surface area contributed by atoms with Gasteiger partial charge in [0.25, 0.3) is 5.91 Å². The van der Waals surface area contributed by atoms with Crippen LogP contribution in [0.25, 0.3) is 10.9 Å². The van der Waals surface area contributed by atoms with E-state index in [9.17, 15) is 4.79 Å². The van der Waals surface area contributed by atoms with Crippen LogP contribution >= 0.6 is 23.2 Å². The van der Waals surface area contributed by atoms with E-state index in [0.29, 0.717) is 47.7 Å². The lowest BCUT2D eigenvalue weighted by Crippen LogP contribution is -2.52. The summed E-state index contributed by atoms with van der Waals surface area (Å²) in [6.07, 6.45) is -0.637. The number of carbonyl (C=O) groups excluding carboxylic acids is 1. The van der Waals surface area contributed by atoms with Crippen molar-refractivity contribution in [3.63, 3.8) is 0 Å². The number of ether oxygens (including phenoxy) is 3. The number of hydrogen-bond donors (Lipinski definition) is 0. The summed E-state index contributed by atoms with van der Waals surface area (Å²) in [5, 5.41) is 1.77. The fraction of sp³-hybridized carbons (Fsp3) is 0.360. The molecule has 0 saturated carbocycles. The van der Waals surface area contributed by atoms with E-state index in [-0.39, 0.29) is 5.91 Å². The van der Waals surface area contributed by atoms with Crippen molar-refractivity contribution in [3.05, 3.63) is 52.0 Å². The maximum Gasteiger partial charge on any atom is 0.263 e. The molecule has 2 heterocycles. The molecule has 0 bridgehead atoms. The van der Waals surface area contributed by atoms with Crippen LogP contribution < -0.4 is 19.1 Å². The third-order valence-corrected chi connectivity index (χ3v) is 6.71. The first-order valence-electron chi connectivity index (χ1n) is 11.0. The highest BCUT2D eigenvalue weighted by atomic mass is 35.5. The van der Waals surface area contributed by atoms with Gasteiger partial charge < -0.3 is 24.0 Å². The second kappa shape index (κ2) is 10.2. The average molecular weight is 504 g/mol. The number of methoxy groups -OCH3 is 2. The molecule has 1 aromatic heterocycles. The zero-order valence-corrected chi connectivity index (χ0v) is 21.1. The van der Waals surface area contributed by atoms with E-state index >= 15 is 0 Å². The van der Waals surface area contributed by atoms with Crippen molar-refractivity contribution in [2.24, 2.45) is 0 Å². The molecule has 9 heteroatoms. The van der Waals surface area contributed by atoms with Crippen LogP contribution in [0.1, 0.15) is 12.5 Å². The zero-order valence-electron chi connectivity index (χ0n) is 19.6. The van der Waals surface area contributed by atoms with Gasteiger partial charge in [-0.25, -0.2) is 4.98 Å². The maximum atomic E-state index is 13.0. The second-order valence-electron chi connectivity index (χ2n) is 8.14. The summed E-state index contributed by atoms with van der Waals surface area (Å²) >= 11 is 12.0. The average Bonchev–Trinajstić information content (AvgIpc) is 2.85. The van der Waals surface area contributed by atoms with Crippen molar-refractivity contribution < 1.29 is 19.0 Å². The van der Waals surface area contributed by atoms with Gasteiger partial charge in [-0.1, -0.05) is 23.2 Å². The topological polar surface area (TPSA) is 64.1 Å². The summed E-state index contributed by atoms with van der Waals surface area (Å²) in [4.78, 5) is 21.8. The molecule has 2 aromatic carbocycles. The van der Waals surface area contributed by atoms with Gasteiger partial charge in [-0.15, -0.1) is 0 Å². The summed E-state index contributed by atoms with van der Waals surface area (Å²) in [5.41, 5.74) is 1.82. The molecule has 0 aliphatic carbocycles. The van der Waals surface area contributed by atoms with Gasteiger partial charge in [0, 0.05) is 37.6 Å². The van der Waals surface area contributed by atoms with Crippen molar-refractivity contribution in [2.45, 2.75) is 20.0 Å². The van der Waals surface area contributed by atoms with Gasteiger partial charge in [0.15, 0.2) is 6.10 Å². The summed E-state index contributed by atoms with van der Waals surface area (Å²) in [6, 6.07) is 10.8. The minimum atomic E-state index is -0.637. The van der Waals surface area contributed by atoms with E-state index in [1.165, 1.54) is 0 Å². The zero-order chi connectivity index (χ0) is 24.4. The molecule has 0 spiro atoms. The van der Waals surface area contributed by atoms with E-state index in [2.05, 4.69) is 11.0 Å². The molecule has 3 aromatic rings. The fourth-order valence-electron chi connectivity index (χ4n) is 4.17. The van der Waals surface area contributed by atoms with E-state index in [1.807, 2.05) is 24.0 Å². The highest BCUT2D eigenvalue weighted by Gasteiger charge is 2.27. The van der Waals surface area contributed by atoms with Crippen LogP contribution in [0.5, 0.6) is 17.2 Å². The number of carbonyl (C=O) groups is 1. The van der Waals surface area contributed by atoms with E-state index in [1.54, 1.807) is 39.3 Å². The molecule has 34 heavy (non-hydrogen) atoms. The Balaban J connectivity index is 1.46. The van der Waals surface area contributed by atoms with Gasteiger partial charge in [-0.2, -0.15) is 0 Å². The van der Waals surface area contributed by atoms with Crippen molar-refractivity contribution in [1.29, 1.82) is 0 Å². The molecule has 180 valence electrons. The number of piperazine rings is 1. The first-order valence-corrected chi connectivity index (χ1v) is 11.8. The number of aromatic nitrogens is 1. The molecular formula is C25H27Cl2N3O4. The van der Waals surface area contributed by atoms with Crippen LogP contribution in [0.4, 0.5) is 5.82 Å². The molecule has 0 N–H and O–H groups in total. The predicted molar refractivity (Wildman–Crippen MR) is 135 cm³/mol. The number of nitrogens with zero attached hydrogens (tertiary/aromatic N) is 3. The number of benzene rings is 2. The molecule has 1 fully saturated rings. The van der Waals surface area contributed by atoms with E-state index < -0.39 is 6.10 Å². The molecule has 7 nitrogen and oxygen atoms in total. The molecule has 1 saturated heterocycles. The smallest absolute Gasteiger partial charge is 0.263 e. The Bertz CT molecular complexity index is 1210. The highest BCUT2D eigenvalue weighted by molar-refractivity contribution is 6.42. The second-order valence-corrected chi connectivity index (χ2v) is 8.95. The van der Waals surface area contributed by atoms with Crippen LogP contribution in [0.2, 0.25) is 10.0 Å². The number of pyridine rings is 1. The Morgan fingerprint density at radius 1 is 0.971 bits per heavy atom. The summed E-state index contributed by atoms with van der Waals surface area (Å²) in [7, 11) is 3.29. The number of aryl methyl sites for hydroxylation is 1. The van der Waals surface area contributed by atoms with Gasteiger partial charge in [0.05, 0.1) is 24.3 Å². The molecule has 4 rings (SSSR count). The normalized spacial score (nSPS) is 14.8. The third-order valence-electron chi connectivity index (χ3n) is 5.98. The van der Waals surface area contributed by atoms with Crippen molar-refractivity contribution in [3.8, 4) is 17.2 Å². The summed E-state index contributed by atoms with van der Waals surface area (Å²) in [6.45, 7) is 6.25. The van der Waals surface area contributed by atoms with Crippen LogP contribution in [-0.2, 0) is 4.79 Å². The molecule has 1 amide bonds. The van der Waals surface area contributed by atoms with Gasteiger partial charge in [0.1, 0.15) is 28.6 Å². The van der Waals surface area contributed by atoms with Crippen LogP contribution in [0.15, 0.2) is 36.4 Å². The minimum Gasteiger partial charge on any atom is -0.496 e. The lowest BCUT2D eigenvalue weighted by atomic mass is 10.1. The Morgan fingerprint density at radius 2 is 1.65 bits per heavy atom. The monoisotopic (exact) mass is 503 g/mol. The molecular weight excluding hydrogens is 477 g/mol. The van der Waals surface area contributed by atoms with Crippen LogP contribution in [-0.4, -0.2) is 62.3 Å². The largest absolute Gasteiger partial charge is 0.496 e. The van der Waals surface area contributed by atoms with Crippen LogP contribution in [0.3, 0.4) is 0 Å². The number of halogens is 2. The molecule has 1 aliphatic heterocycles. The first-order chi connectivity index (χ1) is 16.3. The van der Waals surface area contributed by atoms with Gasteiger partial charge >= 0.3 is 0 Å². The van der Waals surface area contributed by atoms with E-state index in [4.69, 9.17) is 42.4 Å². The fourth-order valence-corrected chi connectivity index (χ4v) is 4.46. The lowest BCUT2D eigenvalue weighted by Gasteiger charge is -2.36. The van der Waals surface area contributed by atoms with Crippen molar-refractivity contribution in [1.82, 2.24) is 9.88 Å². The Hall–Kier alpha value is -2.90. The highest BCUT2D eigenvalue weighted by Crippen LogP contribution is 2.36. The van der Waals surface area contributed by atoms with Gasteiger partial charge in [-0.05, 0) is 49.7 Å². The number of amides is 1. The Kier molecular flexibility index (Phi) is 7.24. The maximum absolute atomic E-state index is 13.0. The Labute approximate surface area is 209 Å². The molecule has 1 atom stereocenters. The summed E-state index contributed by atoms with van der Waals surface area (Å²) < 4.78 is 16.9. The minimum absolute atomic E-state index is 0.0696. The SMILES string of the molecule is COc1ccc(OC)c2c(C)cc(N3CCN(C(=O)[C@@H](C)Oc4ccc(Cl)c(Cl)c4)CC3)nc12. The third kappa shape index (κ3) is 4.81.